The van der Waals surface area contributed by atoms with Crippen LogP contribution in [0.1, 0.15) is 30.3 Å². The Labute approximate surface area is 135 Å². The minimum atomic E-state index is -3.71. The van der Waals surface area contributed by atoms with Crippen molar-refractivity contribution in [3.05, 3.63) is 18.0 Å². The fraction of sp³-hybridized carbons (Fsp3) is 0.571. The highest BCUT2D eigenvalue weighted by atomic mass is 32.2. The Morgan fingerprint density at radius 1 is 1.35 bits per heavy atom. The van der Waals surface area contributed by atoms with E-state index in [4.69, 9.17) is 10.5 Å². The topological polar surface area (TPSA) is 112 Å². The van der Waals surface area contributed by atoms with E-state index in [0.717, 1.165) is 0 Å². The van der Waals surface area contributed by atoms with E-state index in [1.807, 2.05) is 0 Å². The van der Waals surface area contributed by atoms with Gasteiger partial charge in [-0.2, -0.15) is 4.31 Å². The van der Waals surface area contributed by atoms with Gasteiger partial charge >= 0.3 is 5.97 Å². The molecular formula is C14H21N3O5S. The number of hydrogen-bond donors (Lipinski definition) is 1. The van der Waals surface area contributed by atoms with Gasteiger partial charge in [0.05, 0.1) is 6.61 Å². The molecule has 0 spiro atoms. The standard InChI is InChI=1S/C14H21N3O5S/c1-3-22-14(19)12-8-11(9-16(12)2)23(20,21)17-6-4-10(5-7-17)13(15)18/h8-10H,3-7H2,1-2H3,(H2,15,18). The van der Waals surface area contributed by atoms with E-state index in [2.05, 4.69) is 0 Å². The largest absolute Gasteiger partial charge is 0.461 e. The van der Waals surface area contributed by atoms with Crippen molar-refractivity contribution in [2.45, 2.75) is 24.7 Å². The first-order chi connectivity index (χ1) is 10.8. The van der Waals surface area contributed by atoms with Crippen LogP contribution < -0.4 is 5.73 Å². The molecule has 128 valence electrons. The lowest BCUT2D eigenvalue weighted by Gasteiger charge is -2.29. The smallest absolute Gasteiger partial charge is 0.354 e. The molecule has 1 saturated heterocycles. The number of ether oxygens (including phenoxy) is 1. The Bertz CT molecular complexity index is 702. The normalized spacial score (nSPS) is 17.1. The maximum atomic E-state index is 12.7. The van der Waals surface area contributed by atoms with Crippen molar-refractivity contribution in [3.63, 3.8) is 0 Å². The molecular weight excluding hydrogens is 322 g/mol. The van der Waals surface area contributed by atoms with Crippen LogP contribution in [0.25, 0.3) is 0 Å². The molecule has 2 rings (SSSR count). The van der Waals surface area contributed by atoms with Gasteiger partial charge in [-0.1, -0.05) is 0 Å². The Kier molecular flexibility index (Phi) is 5.10. The quantitative estimate of drug-likeness (QED) is 0.762. The summed E-state index contributed by atoms with van der Waals surface area (Å²) in [5.41, 5.74) is 5.43. The molecule has 0 aromatic carbocycles. The SMILES string of the molecule is CCOC(=O)c1cc(S(=O)(=O)N2CCC(C(N)=O)CC2)cn1C. The third-order valence-corrected chi connectivity index (χ3v) is 5.82. The number of carbonyl (C=O) groups excluding carboxylic acids is 2. The maximum Gasteiger partial charge on any atom is 0.354 e. The molecule has 1 aliphatic heterocycles. The van der Waals surface area contributed by atoms with Crippen LogP contribution in [0, 0.1) is 5.92 Å². The van der Waals surface area contributed by atoms with Gasteiger partial charge in [0.2, 0.25) is 15.9 Å². The number of esters is 1. The molecule has 1 fully saturated rings. The zero-order valence-electron chi connectivity index (χ0n) is 13.2. The van der Waals surface area contributed by atoms with Gasteiger partial charge in [0.15, 0.2) is 0 Å². The number of rotatable bonds is 5. The van der Waals surface area contributed by atoms with Crippen LogP contribution in [-0.4, -0.2) is 48.9 Å². The van der Waals surface area contributed by atoms with E-state index in [-0.39, 0.29) is 36.2 Å². The number of piperidine rings is 1. The number of aromatic nitrogens is 1. The average molecular weight is 343 g/mol. The third-order valence-electron chi connectivity index (χ3n) is 3.96. The van der Waals surface area contributed by atoms with Gasteiger partial charge in [-0.25, -0.2) is 13.2 Å². The van der Waals surface area contributed by atoms with Crippen molar-refractivity contribution in [2.24, 2.45) is 18.7 Å². The average Bonchev–Trinajstić information content (AvgIpc) is 2.90. The van der Waals surface area contributed by atoms with Crippen molar-refractivity contribution in [1.82, 2.24) is 8.87 Å². The van der Waals surface area contributed by atoms with Crippen molar-refractivity contribution >= 4 is 21.9 Å². The van der Waals surface area contributed by atoms with Crippen LogP contribution in [-0.2, 0) is 26.6 Å². The number of sulfonamides is 1. The molecule has 0 bridgehead atoms. The molecule has 1 aromatic heterocycles. The highest BCUT2D eigenvalue weighted by Crippen LogP contribution is 2.25. The first-order valence-corrected chi connectivity index (χ1v) is 8.84. The monoisotopic (exact) mass is 343 g/mol. The van der Waals surface area contributed by atoms with Gasteiger partial charge in [-0.15, -0.1) is 0 Å². The molecule has 9 heteroatoms. The van der Waals surface area contributed by atoms with Crippen LogP contribution in [0.2, 0.25) is 0 Å². The highest BCUT2D eigenvalue weighted by Gasteiger charge is 2.32. The van der Waals surface area contributed by atoms with Crippen LogP contribution in [0.15, 0.2) is 17.2 Å². The van der Waals surface area contributed by atoms with Gasteiger partial charge in [-0.3, -0.25) is 4.79 Å². The van der Waals surface area contributed by atoms with E-state index >= 15 is 0 Å². The molecule has 2 heterocycles. The van der Waals surface area contributed by atoms with E-state index in [1.54, 1.807) is 14.0 Å². The van der Waals surface area contributed by atoms with E-state index in [9.17, 15) is 18.0 Å². The van der Waals surface area contributed by atoms with Crippen LogP contribution in [0.4, 0.5) is 0 Å². The lowest BCUT2D eigenvalue weighted by Crippen LogP contribution is -2.41. The summed E-state index contributed by atoms with van der Waals surface area (Å²) in [4.78, 5) is 23.0. The minimum absolute atomic E-state index is 0.0422. The van der Waals surface area contributed by atoms with Crippen molar-refractivity contribution < 1.29 is 22.7 Å². The second kappa shape index (κ2) is 6.71. The third kappa shape index (κ3) is 3.56. The van der Waals surface area contributed by atoms with E-state index in [0.29, 0.717) is 12.8 Å². The Morgan fingerprint density at radius 2 is 1.96 bits per heavy atom. The first-order valence-electron chi connectivity index (χ1n) is 7.40. The number of nitrogens with zero attached hydrogens (tertiary/aromatic N) is 2. The number of primary amides is 1. The van der Waals surface area contributed by atoms with Gasteiger partial charge in [-0.05, 0) is 25.8 Å². The number of nitrogens with two attached hydrogens (primary N) is 1. The molecule has 2 N–H and O–H groups in total. The summed E-state index contributed by atoms with van der Waals surface area (Å²) in [5.74, 6) is -1.25. The Balaban J connectivity index is 2.19. The maximum absolute atomic E-state index is 12.7. The molecule has 8 nitrogen and oxygen atoms in total. The van der Waals surface area contributed by atoms with Gasteiger partial charge < -0.3 is 15.0 Å². The van der Waals surface area contributed by atoms with E-state index in [1.165, 1.54) is 21.1 Å². The summed E-state index contributed by atoms with van der Waals surface area (Å²) in [6, 6.07) is 1.31. The summed E-state index contributed by atoms with van der Waals surface area (Å²) in [6.07, 6.45) is 2.21. The molecule has 0 aliphatic carbocycles. The molecule has 0 atom stereocenters. The number of aryl methyl sites for hydroxylation is 1. The van der Waals surface area contributed by atoms with Crippen molar-refractivity contribution in [1.29, 1.82) is 0 Å². The number of amides is 1. The molecule has 0 unspecified atom stereocenters. The second-order valence-electron chi connectivity index (χ2n) is 5.47. The summed E-state index contributed by atoms with van der Waals surface area (Å²) in [5, 5.41) is 0. The molecule has 0 radical (unpaired) electrons. The lowest BCUT2D eigenvalue weighted by molar-refractivity contribution is -0.122. The van der Waals surface area contributed by atoms with Gasteiger partial charge in [0.25, 0.3) is 0 Å². The Morgan fingerprint density at radius 3 is 2.48 bits per heavy atom. The number of hydrogen-bond acceptors (Lipinski definition) is 5. The highest BCUT2D eigenvalue weighted by molar-refractivity contribution is 7.89. The zero-order valence-corrected chi connectivity index (χ0v) is 14.0. The molecule has 1 aromatic rings. The molecule has 1 aliphatic rings. The summed E-state index contributed by atoms with van der Waals surface area (Å²) in [6.45, 7) is 2.37. The predicted molar refractivity (Wildman–Crippen MR) is 82.0 cm³/mol. The summed E-state index contributed by atoms with van der Waals surface area (Å²) < 4.78 is 33.0. The molecule has 1 amide bonds. The van der Waals surface area contributed by atoms with E-state index < -0.39 is 21.9 Å². The summed E-state index contributed by atoms with van der Waals surface area (Å²) in [7, 11) is -2.12. The minimum Gasteiger partial charge on any atom is -0.461 e. The fourth-order valence-corrected chi connectivity index (χ4v) is 4.15. The van der Waals surface area contributed by atoms with Gasteiger partial charge in [0, 0.05) is 32.3 Å². The van der Waals surface area contributed by atoms with Crippen LogP contribution in [0.3, 0.4) is 0 Å². The van der Waals surface area contributed by atoms with Crippen LogP contribution >= 0.6 is 0 Å². The zero-order chi connectivity index (χ0) is 17.2. The summed E-state index contributed by atoms with van der Waals surface area (Å²) >= 11 is 0. The molecule has 0 saturated carbocycles. The number of carbonyl (C=O) groups is 2. The second-order valence-corrected chi connectivity index (χ2v) is 7.41. The van der Waals surface area contributed by atoms with Gasteiger partial charge in [0.1, 0.15) is 10.6 Å². The van der Waals surface area contributed by atoms with Crippen LogP contribution in [0.5, 0.6) is 0 Å². The molecule has 23 heavy (non-hydrogen) atoms. The Hall–Kier alpha value is -1.87. The lowest BCUT2D eigenvalue weighted by atomic mass is 9.98. The van der Waals surface area contributed by atoms with Crippen molar-refractivity contribution in [3.8, 4) is 0 Å². The predicted octanol–water partition coefficient (Wildman–Crippen LogP) is 0.0878. The fourth-order valence-electron chi connectivity index (χ4n) is 2.61. The van der Waals surface area contributed by atoms with Crippen molar-refractivity contribution in [2.75, 3.05) is 19.7 Å². The first kappa shape index (κ1) is 17.5.